The Morgan fingerprint density at radius 1 is 0.250 bits per heavy atom. The first-order valence-electron chi connectivity index (χ1n) is 38.4. The molecule has 594 valence electrons. The molecule has 3 aromatic heterocycles. The lowest BCUT2D eigenvalue weighted by Crippen LogP contribution is -2.29. The molecule has 8 bridgehead atoms. The molecule has 0 saturated heterocycles. The van der Waals surface area contributed by atoms with E-state index in [1.807, 2.05) is 104 Å². The second kappa shape index (κ2) is 43.1. The van der Waals surface area contributed by atoms with Gasteiger partial charge in [-0.1, -0.05) is 55.4 Å². The largest absolute Gasteiger partial charge is 0.484 e. The van der Waals surface area contributed by atoms with Crippen LogP contribution in [-0.2, 0) is 38.4 Å². The van der Waals surface area contributed by atoms with Gasteiger partial charge in [-0.25, -0.2) is 9.97 Å². The second-order valence-corrected chi connectivity index (χ2v) is 26.4. The van der Waals surface area contributed by atoms with Crippen LogP contribution < -0.4 is 80.4 Å². The summed E-state index contributed by atoms with van der Waals surface area (Å²) in [5.41, 5.74) is 7.01. The number of aromatic nitrogens is 4. The molecule has 28 nitrogen and oxygen atoms in total. The number of benzene rings is 4. The predicted molar refractivity (Wildman–Crippen MR) is 431 cm³/mol. The quantitative estimate of drug-likeness (QED) is 0.0170. The molecule has 8 amide bonds. The molecular weight excluding hydrogens is 1430 g/mol. The van der Waals surface area contributed by atoms with E-state index < -0.39 is 0 Å². The summed E-state index contributed by atoms with van der Waals surface area (Å²) in [6.45, 7) is 15.9. The number of carbonyl (C=O) groups is 8. The maximum atomic E-state index is 13.3. The highest BCUT2D eigenvalue weighted by Crippen LogP contribution is 2.43. The van der Waals surface area contributed by atoms with Gasteiger partial charge in [0.1, 0.15) is 46.0 Å². The molecule has 10 N–H and O–H groups in total. The van der Waals surface area contributed by atoms with Gasteiger partial charge in [-0.15, -0.1) is 0 Å². The number of ether oxygens (including phenoxy) is 8. The average molecular weight is 1540 g/mol. The number of fused-ring (bicyclic) bond motifs is 8. The molecule has 9 rings (SSSR count). The molecule has 0 fully saturated rings. The van der Waals surface area contributed by atoms with Crippen molar-refractivity contribution in [3.8, 4) is 90.5 Å². The summed E-state index contributed by atoms with van der Waals surface area (Å²) < 4.78 is 50.3. The minimum atomic E-state index is -0.367. The van der Waals surface area contributed by atoms with Crippen LogP contribution in [0.25, 0.3) is 90.9 Å². The summed E-state index contributed by atoms with van der Waals surface area (Å²) >= 11 is 0. The maximum Gasteiger partial charge on any atom is 0.257 e. The number of hydrogen-bond acceptors (Lipinski definition) is 18. The van der Waals surface area contributed by atoms with E-state index in [9.17, 15) is 38.4 Å². The highest BCUT2D eigenvalue weighted by molar-refractivity contribution is 6.01. The fraction of sp³-hybridized carbons (Fsp3) is 0.381. The molecule has 0 atom stereocenters. The van der Waals surface area contributed by atoms with E-state index in [2.05, 4.69) is 52.5 Å². The summed E-state index contributed by atoms with van der Waals surface area (Å²) in [6, 6.07) is 27.7. The SMILES string of the molecule is CCCNC(=O)COc1cc(OCC(=O)NCCC)cc(-c2c3nc(c(-c4cc(OCC(=O)NCCC)cc(OCC(=O)NCCC)c4)c4ccc([nH]4)c(-c4cc(OCC(=O)NCCC)cc(OCC(=O)NCCC)c4)c4nc(c(-c5cc(OCC(=O)NCCC)cc(OCC(=O)NCCC)c5)c5ccc2[nH]5)C=C4)C=C3)c1. The van der Waals surface area contributed by atoms with Gasteiger partial charge in [0.25, 0.3) is 47.3 Å². The highest BCUT2D eigenvalue weighted by Gasteiger charge is 2.24. The van der Waals surface area contributed by atoms with Gasteiger partial charge in [0.05, 0.1) is 22.8 Å². The van der Waals surface area contributed by atoms with Gasteiger partial charge in [0.2, 0.25) is 0 Å². The lowest BCUT2D eigenvalue weighted by Gasteiger charge is -2.14. The number of nitrogens with zero attached hydrogens (tertiary/aromatic N) is 2. The fourth-order valence-corrected chi connectivity index (χ4v) is 11.7. The molecule has 2 aliphatic rings. The van der Waals surface area contributed by atoms with E-state index in [1.54, 1.807) is 72.8 Å². The van der Waals surface area contributed by atoms with Gasteiger partial charge in [0.15, 0.2) is 52.9 Å². The predicted octanol–water partition coefficient (Wildman–Crippen LogP) is 10.6. The Morgan fingerprint density at radius 2 is 0.402 bits per heavy atom. The van der Waals surface area contributed by atoms with Gasteiger partial charge in [-0.3, -0.25) is 38.4 Å². The van der Waals surface area contributed by atoms with Gasteiger partial charge in [-0.2, -0.15) is 0 Å². The third-order valence-electron chi connectivity index (χ3n) is 17.0. The zero-order valence-corrected chi connectivity index (χ0v) is 64.9. The van der Waals surface area contributed by atoms with E-state index in [0.717, 1.165) is 0 Å². The highest BCUT2D eigenvalue weighted by atomic mass is 16.5. The van der Waals surface area contributed by atoms with Crippen molar-refractivity contribution in [3.05, 3.63) is 120 Å². The van der Waals surface area contributed by atoms with Crippen LogP contribution in [0.4, 0.5) is 0 Å². The molecule has 4 aromatic carbocycles. The van der Waals surface area contributed by atoms with Crippen LogP contribution >= 0.6 is 0 Å². The van der Waals surface area contributed by atoms with E-state index >= 15 is 0 Å². The van der Waals surface area contributed by atoms with Gasteiger partial charge in [0, 0.05) is 121 Å². The molecule has 0 unspecified atom stereocenters. The minimum absolute atomic E-state index is 0.211. The summed E-state index contributed by atoms with van der Waals surface area (Å²) in [4.78, 5) is 125. The Bertz CT molecular complexity index is 3980. The molecule has 0 aliphatic carbocycles. The van der Waals surface area contributed by atoms with E-state index in [0.29, 0.717) is 193 Å². The maximum absolute atomic E-state index is 13.3. The zero-order valence-electron chi connectivity index (χ0n) is 64.9. The number of aromatic amines is 2. The van der Waals surface area contributed by atoms with Crippen molar-refractivity contribution in [2.45, 2.75) is 107 Å². The minimum Gasteiger partial charge on any atom is -0.484 e. The van der Waals surface area contributed by atoms with E-state index in [-0.39, 0.29) is 146 Å². The smallest absolute Gasteiger partial charge is 0.257 e. The Hall–Kier alpha value is -12.4. The Kier molecular flexibility index (Phi) is 32.2. The van der Waals surface area contributed by atoms with Crippen LogP contribution in [0.15, 0.2) is 97.1 Å². The fourth-order valence-electron chi connectivity index (χ4n) is 11.7. The summed E-state index contributed by atoms with van der Waals surface area (Å²) in [5, 5.41) is 22.9. The number of nitrogens with one attached hydrogen (secondary N) is 10. The van der Waals surface area contributed by atoms with Crippen molar-refractivity contribution in [3.63, 3.8) is 0 Å². The first-order chi connectivity index (χ1) is 54.4. The molecule has 2 aliphatic heterocycles. The van der Waals surface area contributed by atoms with Crippen molar-refractivity contribution >= 4 is 93.6 Å². The van der Waals surface area contributed by atoms with Crippen LogP contribution in [0.5, 0.6) is 46.0 Å². The molecule has 0 radical (unpaired) electrons. The molecule has 5 heterocycles. The molecular formula is C84H102N12O16. The number of H-pyrrole nitrogens is 2. The first kappa shape index (κ1) is 83.7. The number of amides is 8. The third kappa shape index (κ3) is 24.8. The molecule has 28 heteroatoms. The van der Waals surface area contributed by atoms with Crippen LogP contribution in [0.3, 0.4) is 0 Å². The van der Waals surface area contributed by atoms with Gasteiger partial charge >= 0.3 is 0 Å². The van der Waals surface area contributed by atoms with E-state index in [1.165, 1.54) is 0 Å². The molecule has 7 aromatic rings. The average Bonchev–Trinajstić information content (AvgIpc) is 1.53. The lowest BCUT2D eigenvalue weighted by atomic mass is 10.0. The standard InChI is InChI=1S/C84H102N12O16/c1-9-25-85-73(97)45-105-57-33-53(34-58(41-57)106-46-74(98)86-26-10-2)81-65-17-19-67(93-65)82(54-35-59(107-47-75(99)87-27-11-3)42-60(36-54)108-48-76(100)88-28-12-4)69-21-23-71(95-69)84(56-39-63(111-51-79(103)91-31-15-7)44-64(40-56)112-52-80(104)92-32-16-8)72-24-22-70(96-72)83(68-20-18-66(81)94-68)55-37-61(109-49-77(101)89-29-13-5)43-62(38-55)110-50-78(102)90-30-14-6/h17-24,33-44,93,96H,9-16,25-32,45-52H2,1-8H3,(H,85,97)(H,86,98)(H,87,99)(H,88,100)(H,89,101)(H,90,102)(H,91,103)(H,92,104). The molecule has 0 saturated carbocycles. The van der Waals surface area contributed by atoms with Crippen molar-refractivity contribution in [1.82, 2.24) is 62.5 Å². The van der Waals surface area contributed by atoms with E-state index in [4.69, 9.17) is 47.9 Å². The van der Waals surface area contributed by atoms with Crippen molar-refractivity contribution in [2.75, 3.05) is 105 Å². The van der Waals surface area contributed by atoms with Crippen molar-refractivity contribution in [2.24, 2.45) is 0 Å². The normalized spacial score (nSPS) is 11.2. The summed E-state index contributed by atoms with van der Waals surface area (Å²) in [5.74, 6) is -1.25. The van der Waals surface area contributed by atoms with Crippen LogP contribution in [0.2, 0.25) is 0 Å². The topological polar surface area (TPSA) is 364 Å². The second-order valence-electron chi connectivity index (χ2n) is 26.4. The number of carbonyl (C=O) groups excluding carboxylic acids is 8. The van der Waals surface area contributed by atoms with Crippen LogP contribution in [0.1, 0.15) is 130 Å². The Morgan fingerprint density at radius 3 is 0.545 bits per heavy atom. The summed E-state index contributed by atoms with van der Waals surface area (Å²) in [7, 11) is 0. The Labute approximate surface area is 651 Å². The lowest BCUT2D eigenvalue weighted by molar-refractivity contribution is -0.123. The van der Waals surface area contributed by atoms with Gasteiger partial charge < -0.3 is 90.4 Å². The monoisotopic (exact) mass is 1530 g/mol. The van der Waals surface area contributed by atoms with Crippen molar-refractivity contribution in [1.29, 1.82) is 0 Å². The third-order valence-corrected chi connectivity index (χ3v) is 17.0. The Balaban J connectivity index is 1.44. The first-order valence-corrected chi connectivity index (χ1v) is 38.4. The number of rotatable bonds is 44. The zero-order chi connectivity index (χ0) is 79.7. The summed E-state index contributed by atoms with van der Waals surface area (Å²) in [6.07, 6.45) is 12.8. The van der Waals surface area contributed by atoms with Crippen molar-refractivity contribution < 1.29 is 76.3 Å². The van der Waals surface area contributed by atoms with Crippen LogP contribution in [-0.4, -0.2) is 172 Å². The molecule has 0 spiro atoms. The molecule has 112 heavy (non-hydrogen) atoms. The number of hydrogen-bond donors (Lipinski definition) is 10. The van der Waals surface area contributed by atoms with Crippen LogP contribution in [0, 0.1) is 0 Å². The van der Waals surface area contributed by atoms with Gasteiger partial charge in [-0.05, 0) is 171 Å².